The fraction of sp³-hybridized carbons (Fsp3) is 0.414. The molecule has 3 heterocycles. The van der Waals surface area contributed by atoms with Crippen molar-refractivity contribution >= 4 is 17.3 Å². The van der Waals surface area contributed by atoms with Crippen LogP contribution in [0.5, 0.6) is 0 Å². The van der Waals surface area contributed by atoms with E-state index in [0.29, 0.717) is 30.3 Å². The largest absolute Gasteiger partial charge is 0.416 e. The maximum absolute atomic E-state index is 13.7. The number of likely N-dealkylation sites (tertiary alicyclic amines) is 1. The standard InChI is InChI=1S/C29H33F3N6O/c1-19-14-38(26-12-33-18-34-13-26)16-22-10-21(4-5-27(19)22)28(39)35-24-9-20(8-23(11-24)29(30,31)32)15-37-7-6-25(17-37)36(2)3/h4-5,8-13,18-19,25H,6-7,14-17H2,1-3H3,(H,35,39)/t19?,25-/m1/s1. The maximum atomic E-state index is 13.7. The zero-order valence-corrected chi connectivity index (χ0v) is 22.4. The number of benzene rings is 2. The van der Waals surface area contributed by atoms with Crippen LogP contribution in [0.4, 0.5) is 24.5 Å². The van der Waals surface area contributed by atoms with Crippen molar-refractivity contribution in [2.45, 2.75) is 44.6 Å². The van der Waals surface area contributed by atoms with Gasteiger partial charge in [0, 0.05) is 50.0 Å². The molecule has 2 aliphatic rings. The summed E-state index contributed by atoms with van der Waals surface area (Å²) in [5.74, 6) is -0.209. The second-order valence-corrected chi connectivity index (χ2v) is 10.8. The molecule has 2 aromatic carbocycles. The second kappa shape index (κ2) is 10.9. The number of amides is 1. The highest BCUT2D eigenvalue weighted by molar-refractivity contribution is 6.04. The molecule has 1 N–H and O–H groups in total. The number of fused-ring (bicyclic) bond motifs is 1. The van der Waals surface area contributed by atoms with Gasteiger partial charge in [-0.15, -0.1) is 0 Å². The summed E-state index contributed by atoms with van der Waals surface area (Å²) in [5.41, 5.74) is 3.36. The third kappa shape index (κ3) is 6.23. The number of aromatic nitrogens is 2. The molecule has 1 fully saturated rings. The van der Waals surface area contributed by atoms with Crippen molar-refractivity contribution in [3.8, 4) is 0 Å². The molecule has 2 aliphatic heterocycles. The van der Waals surface area contributed by atoms with Gasteiger partial charge in [0.05, 0.1) is 23.6 Å². The van der Waals surface area contributed by atoms with Crippen molar-refractivity contribution in [1.82, 2.24) is 19.8 Å². The molecule has 0 saturated carbocycles. The highest BCUT2D eigenvalue weighted by Crippen LogP contribution is 2.34. The molecule has 1 unspecified atom stereocenters. The zero-order chi connectivity index (χ0) is 27.7. The van der Waals surface area contributed by atoms with Gasteiger partial charge < -0.3 is 15.1 Å². The molecule has 2 atom stereocenters. The topological polar surface area (TPSA) is 64.6 Å². The van der Waals surface area contributed by atoms with Gasteiger partial charge in [0.1, 0.15) is 6.33 Å². The van der Waals surface area contributed by atoms with Gasteiger partial charge in [0.25, 0.3) is 5.91 Å². The molecule has 3 aromatic rings. The Kier molecular flexibility index (Phi) is 7.59. The van der Waals surface area contributed by atoms with Gasteiger partial charge in [0.2, 0.25) is 0 Å². The Labute approximate surface area is 226 Å². The van der Waals surface area contributed by atoms with E-state index in [-0.39, 0.29) is 11.6 Å². The van der Waals surface area contributed by atoms with Gasteiger partial charge in [-0.3, -0.25) is 9.69 Å². The quantitative estimate of drug-likeness (QED) is 0.476. The van der Waals surface area contributed by atoms with E-state index in [0.717, 1.165) is 48.9 Å². The minimum atomic E-state index is -4.51. The van der Waals surface area contributed by atoms with E-state index >= 15 is 0 Å². The van der Waals surface area contributed by atoms with Crippen molar-refractivity contribution in [2.24, 2.45) is 0 Å². The molecule has 7 nitrogen and oxygen atoms in total. The summed E-state index contributed by atoms with van der Waals surface area (Å²) >= 11 is 0. The lowest BCUT2D eigenvalue weighted by Gasteiger charge is -2.34. The van der Waals surface area contributed by atoms with E-state index in [1.54, 1.807) is 24.5 Å². The molecule has 0 bridgehead atoms. The van der Waals surface area contributed by atoms with Gasteiger partial charge in [0.15, 0.2) is 0 Å². The summed E-state index contributed by atoms with van der Waals surface area (Å²) < 4.78 is 41.2. The summed E-state index contributed by atoms with van der Waals surface area (Å²) in [7, 11) is 4.03. The highest BCUT2D eigenvalue weighted by atomic mass is 19.4. The average Bonchev–Trinajstić information content (AvgIpc) is 3.37. The number of rotatable bonds is 6. The fourth-order valence-electron chi connectivity index (χ4n) is 5.57. The van der Waals surface area contributed by atoms with Crippen LogP contribution in [0.3, 0.4) is 0 Å². The van der Waals surface area contributed by atoms with Crippen LogP contribution in [-0.4, -0.2) is 65.4 Å². The summed E-state index contributed by atoms with van der Waals surface area (Å²) in [5, 5.41) is 2.72. The molecular weight excluding hydrogens is 505 g/mol. The van der Waals surface area contributed by atoms with Crippen molar-refractivity contribution < 1.29 is 18.0 Å². The fourth-order valence-corrected chi connectivity index (χ4v) is 5.57. The SMILES string of the molecule is CC1CN(c2cncnc2)Cc2cc(C(=O)Nc3cc(CN4CC[C@@H](N(C)C)C4)cc(C(F)(F)F)c3)ccc21. The molecule has 10 heteroatoms. The number of nitrogens with one attached hydrogen (secondary N) is 1. The zero-order valence-electron chi connectivity index (χ0n) is 22.4. The number of hydrogen-bond acceptors (Lipinski definition) is 6. The molecule has 0 radical (unpaired) electrons. The first-order valence-electron chi connectivity index (χ1n) is 13.1. The number of alkyl halides is 3. The van der Waals surface area contributed by atoms with Gasteiger partial charge in [-0.2, -0.15) is 13.2 Å². The second-order valence-electron chi connectivity index (χ2n) is 10.8. The van der Waals surface area contributed by atoms with E-state index in [4.69, 9.17) is 0 Å². The number of hydrogen-bond donors (Lipinski definition) is 1. The lowest BCUT2D eigenvalue weighted by molar-refractivity contribution is -0.137. The minimum absolute atomic E-state index is 0.141. The van der Waals surface area contributed by atoms with Gasteiger partial charge in [-0.1, -0.05) is 13.0 Å². The predicted molar refractivity (Wildman–Crippen MR) is 145 cm³/mol. The van der Waals surface area contributed by atoms with Crippen LogP contribution in [0.2, 0.25) is 0 Å². The van der Waals surface area contributed by atoms with E-state index in [1.807, 2.05) is 26.2 Å². The summed E-state index contributed by atoms with van der Waals surface area (Å²) in [6.45, 7) is 5.52. The summed E-state index contributed by atoms with van der Waals surface area (Å²) in [6.07, 6.45) is 1.46. The summed E-state index contributed by atoms with van der Waals surface area (Å²) in [6, 6.07) is 9.73. The molecule has 1 saturated heterocycles. The molecule has 1 amide bonds. The molecule has 5 rings (SSSR count). The monoisotopic (exact) mass is 538 g/mol. The van der Waals surface area contributed by atoms with Crippen molar-refractivity contribution in [3.63, 3.8) is 0 Å². The Morgan fingerprint density at radius 1 is 1.10 bits per heavy atom. The van der Waals surface area contributed by atoms with Crippen LogP contribution in [-0.2, 0) is 19.3 Å². The average molecular weight is 539 g/mol. The highest BCUT2D eigenvalue weighted by Gasteiger charge is 2.32. The van der Waals surface area contributed by atoms with Crippen LogP contribution in [0.25, 0.3) is 0 Å². The van der Waals surface area contributed by atoms with Crippen LogP contribution in [0.15, 0.2) is 55.1 Å². The molecule has 0 aliphatic carbocycles. The van der Waals surface area contributed by atoms with Gasteiger partial charge in [-0.25, -0.2) is 9.97 Å². The Hall–Kier alpha value is -3.50. The number of halogens is 3. The van der Waals surface area contributed by atoms with Crippen molar-refractivity contribution in [2.75, 3.05) is 43.9 Å². The summed E-state index contributed by atoms with van der Waals surface area (Å²) in [4.78, 5) is 27.9. The van der Waals surface area contributed by atoms with E-state index in [9.17, 15) is 18.0 Å². The number of carbonyl (C=O) groups is 1. The number of carbonyl (C=O) groups excluding carboxylic acids is 1. The molecule has 39 heavy (non-hydrogen) atoms. The lowest BCUT2D eigenvalue weighted by atomic mass is 9.89. The Bertz CT molecular complexity index is 1330. The van der Waals surface area contributed by atoms with Crippen molar-refractivity contribution in [1.29, 1.82) is 0 Å². The lowest BCUT2D eigenvalue weighted by Crippen LogP contribution is -2.33. The first-order chi connectivity index (χ1) is 18.6. The Balaban J connectivity index is 1.35. The first kappa shape index (κ1) is 27.1. The van der Waals surface area contributed by atoms with E-state index < -0.39 is 17.6 Å². The van der Waals surface area contributed by atoms with Crippen LogP contribution in [0.1, 0.15) is 51.9 Å². The first-order valence-corrected chi connectivity index (χ1v) is 13.1. The third-order valence-corrected chi connectivity index (χ3v) is 7.67. The van der Waals surface area contributed by atoms with Crippen LogP contribution >= 0.6 is 0 Å². The molecule has 0 spiro atoms. The minimum Gasteiger partial charge on any atom is -0.364 e. The smallest absolute Gasteiger partial charge is 0.364 e. The van der Waals surface area contributed by atoms with Gasteiger partial charge >= 0.3 is 6.18 Å². The Morgan fingerprint density at radius 2 is 1.87 bits per heavy atom. The molecule has 1 aromatic heterocycles. The normalized spacial score (nSPS) is 19.8. The number of anilines is 2. The number of likely N-dealkylation sites (N-methyl/N-ethyl adjacent to an activating group) is 1. The van der Waals surface area contributed by atoms with Crippen LogP contribution < -0.4 is 10.2 Å². The van der Waals surface area contributed by atoms with Crippen molar-refractivity contribution in [3.05, 3.63) is 82.9 Å². The predicted octanol–water partition coefficient (Wildman–Crippen LogP) is 5.01. The molecule has 206 valence electrons. The molecular formula is C29H33F3N6O. The van der Waals surface area contributed by atoms with Gasteiger partial charge in [-0.05, 0) is 73.5 Å². The van der Waals surface area contributed by atoms with Crippen LogP contribution in [0, 0.1) is 0 Å². The Morgan fingerprint density at radius 3 is 2.56 bits per heavy atom. The van der Waals surface area contributed by atoms with E-state index in [1.165, 1.54) is 12.4 Å². The third-order valence-electron chi connectivity index (χ3n) is 7.67. The number of nitrogens with zero attached hydrogens (tertiary/aromatic N) is 5. The maximum Gasteiger partial charge on any atom is 0.416 e. The van der Waals surface area contributed by atoms with E-state index in [2.05, 4.69) is 36.9 Å².